The largest absolute Gasteiger partial charge is 2.00 e. The third-order valence-electron chi connectivity index (χ3n) is 8.11. The summed E-state index contributed by atoms with van der Waals surface area (Å²) in [5.74, 6) is -1.04. The Hall–Kier alpha value is -7.46. The molecule has 0 saturated carbocycles. The molecule has 8 nitrogen and oxygen atoms in total. The van der Waals surface area contributed by atoms with Crippen LogP contribution in [0.2, 0.25) is 0 Å². The summed E-state index contributed by atoms with van der Waals surface area (Å²) >= 11 is 0. The van der Waals surface area contributed by atoms with E-state index in [1.807, 2.05) is 54.6 Å². The molecule has 0 saturated heterocycles. The predicted octanol–water partition coefficient (Wildman–Crippen LogP) is 8.75. The van der Waals surface area contributed by atoms with Crippen molar-refractivity contribution in [2.45, 2.75) is 0 Å². The summed E-state index contributed by atoms with van der Waals surface area (Å²) in [4.78, 5) is 44.0. The van der Waals surface area contributed by atoms with Gasteiger partial charge in [0.2, 0.25) is 0 Å². The fraction of sp³-hybridized carbons (Fsp3) is 0. The zero-order chi connectivity index (χ0) is 40.2. The van der Waals surface area contributed by atoms with E-state index in [1.54, 1.807) is 140 Å². The Morgan fingerprint density at radius 1 is 0.362 bits per heavy atom. The van der Waals surface area contributed by atoms with Gasteiger partial charge in [0.05, 0.1) is 17.0 Å². The fourth-order valence-corrected chi connectivity index (χ4v) is 5.24. The zero-order valence-electron chi connectivity index (χ0n) is 30.9. The number of rotatable bonds is 7. The second kappa shape index (κ2) is 22.8. The Morgan fingerprint density at radius 2 is 0.655 bits per heavy atom. The van der Waals surface area contributed by atoms with E-state index in [1.165, 1.54) is 18.2 Å². The van der Waals surface area contributed by atoms with E-state index in [0.29, 0.717) is 22.3 Å². The van der Waals surface area contributed by atoms with Crippen molar-refractivity contribution in [1.82, 2.24) is 9.97 Å². The minimum absolute atomic E-state index is 0. The van der Waals surface area contributed by atoms with Crippen LogP contribution in [0.4, 0.5) is 0 Å². The van der Waals surface area contributed by atoms with Crippen molar-refractivity contribution in [3.63, 3.8) is 0 Å². The molecule has 0 unspecified atom stereocenters. The quantitative estimate of drug-likeness (QED) is 0.158. The molecule has 9 heteroatoms. The van der Waals surface area contributed by atoms with Gasteiger partial charge in [-0.2, -0.15) is 0 Å². The minimum atomic E-state index is -0.230. The first-order valence-electron chi connectivity index (χ1n) is 17.7. The summed E-state index contributed by atoms with van der Waals surface area (Å²) in [5.41, 5.74) is 4.29. The number of para-hydroxylation sites is 3. The second-order valence-electron chi connectivity index (χ2n) is 12.0. The Morgan fingerprint density at radius 3 is 0.983 bits per heavy atom. The summed E-state index contributed by atoms with van der Waals surface area (Å²) in [7, 11) is 0. The van der Waals surface area contributed by atoms with Gasteiger partial charge in [0.25, 0.3) is 0 Å². The number of hydrogen-bond donors (Lipinski definition) is 1. The van der Waals surface area contributed by atoms with E-state index in [0.717, 1.165) is 11.4 Å². The van der Waals surface area contributed by atoms with Crippen molar-refractivity contribution < 1.29 is 46.5 Å². The molecule has 6 aromatic carbocycles. The maximum atomic E-state index is 11.9. The van der Waals surface area contributed by atoms with Gasteiger partial charge in [-0.3, -0.25) is 24.4 Å². The molecular formula is C49H36CoN2O6. The molecule has 8 aromatic rings. The zero-order valence-corrected chi connectivity index (χ0v) is 32.0. The topological polar surface area (TPSA) is 143 Å². The Balaban J connectivity index is 0.000000171. The van der Waals surface area contributed by atoms with Gasteiger partial charge in [-0.1, -0.05) is 175 Å². The van der Waals surface area contributed by atoms with Crippen LogP contribution in [-0.2, 0) is 16.8 Å². The third kappa shape index (κ3) is 12.5. The van der Waals surface area contributed by atoms with Crippen LogP contribution >= 0.6 is 0 Å². The molecule has 287 valence electrons. The molecule has 0 atom stereocenters. The van der Waals surface area contributed by atoms with Gasteiger partial charge in [-0.25, -0.2) is 0 Å². The summed E-state index contributed by atoms with van der Waals surface area (Å²) < 4.78 is 0. The van der Waals surface area contributed by atoms with E-state index in [9.17, 15) is 29.7 Å². The van der Waals surface area contributed by atoms with Crippen LogP contribution < -0.4 is 10.2 Å². The van der Waals surface area contributed by atoms with Crippen LogP contribution in [0.15, 0.2) is 213 Å². The molecule has 2 aromatic heterocycles. The number of phenolic OH excluding ortho intramolecular Hbond substituents is 1. The van der Waals surface area contributed by atoms with Crippen molar-refractivity contribution in [2.75, 3.05) is 0 Å². The molecular weight excluding hydrogens is 771 g/mol. The number of nitrogens with zero attached hydrogens (tertiary/aromatic N) is 2. The maximum Gasteiger partial charge on any atom is 2.00 e. The SMILES string of the molecule is O=C(c1ccccc1)c1ccccc1O.O=C(c1ccccc1)c1ccccc1[O-].O=C(c1ccccc1)c1ccccc1[O-].[Co+2].c1ccc(-c2ccccn2)nc1. The Kier molecular flexibility index (Phi) is 17.0. The number of phenols is 1. The molecule has 1 radical (unpaired) electrons. The molecule has 1 N–H and O–H groups in total. The minimum Gasteiger partial charge on any atom is -0.872 e. The first kappa shape index (κ1) is 43.3. The summed E-state index contributed by atoms with van der Waals surface area (Å²) in [5, 5.41) is 32.3. The molecule has 0 spiro atoms. The third-order valence-corrected chi connectivity index (χ3v) is 8.11. The normalized spacial score (nSPS) is 9.66. The van der Waals surface area contributed by atoms with Gasteiger partial charge >= 0.3 is 16.8 Å². The van der Waals surface area contributed by atoms with Gasteiger partial charge in [0.1, 0.15) is 5.75 Å². The van der Waals surface area contributed by atoms with Gasteiger partial charge in [-0.15, -0.1) is 0 Å². The Bertz CT molecular complexity index is 2230. The molecule has 0 fully saturated rings. The average Bonchev–Trinajstić information content (AvgIpc) is 3.28. The number of carbonyl (C=O) groups excluding carboxylic acids is 3. The summed E-state index contributed by atoms with van der Waals surface area (Å²) in [6.45, 7) is 0. The number of aromatic nitrogens is 2. The van der Waals surface area contributed by atoms with Crippen LogP contribution in [0.3, 0.4) is 0 Å². The summed E-state index contributed by atoms with van der Waals surface area (Å²) in [6.07, 6.45) is 3.54. The number of carbonyl (C=O) groups is 3. The second-order valence-corrected chi connectivity index (χ2v) is 12.0. The van der Waals surface area contributed by atoms with Crippen LogP contribution in [0.5, 0.6) is 17.2 Å². The van der Waals surface area contributed by atoms with E-state index in [2.05, 4.69) is 9.97 Å². The maximum absolute atomic E-state index is 11.9. The van der Waals surface area contributed by atoms with Gasteiger partial charge < -0.3 is 15.3 Å². The number of ketones is 3. The van der Waals surface area contributed by atoms with Gasteiger partial charge in [-0.05, 0) is 36.4 Å². The molecule has 0 aliphatic rings. The van der Waals surface area contributed by atoms with Crippen LogP contribution in [0.1, 0.15) is 47.8 Å². The summed E-state index contributed by atoms with van der Waals surface area (Å²) in [6, 6.07) is 57.2. The van der Waals surface area contributed by atoms with Gasteiger partial charge in [0, 0.05) is 40.2 Å². The van der Waals surface area contributed by atoms with E-state index in [4.69, 9.17) is 0 Å². The Labute approximate surface area is 347 Å². The smallest absolute Gasteiger partial charge is 0.872 e. The molecule has 58 heavy (non-hydrogen) atoms. The number of benzene rings is 6. The molecule has 0 aliphatic carbocycles. The molecule has 8 rings (SSSR count). The van der Waals surface area contributed by atoms with E-state index < -0.39 is 0 Å². The van der Waals surface area contributed by atoms with Crippen molar-refractivity contribution >= 4 is 17.3 Å². The average molecular weight is 808 g/mol. The molecule has 2 heterocycles. The van der Waals surface area contributed by atoms with Crippen LogP contribution in [0.25, 0.3) is 11.4 Å². The molecule has 0 aliphatic heterocycles. The molecule has 0 bridgehead atoms. The molecule has 0 amide bonds. The first-order chi connectivity index (χ1) is 27.8. The number of pyridine rings is 2. The van der Waals surface area contributed by atoms with Crippen LogP contribution in [0, 0.1) is 0 Å². The van der Waals surface area contributed by atoms with Crippen molar-refractivity contribution in [3.05, 3.63) is 246 Å². The monoisotopic (exact) mass is 807 g/mol. The number of aromatic hydroxyl groups is 1. The first-order valence-corrected chi connectivity index (χ1v) is 17.7. The van der Waals surface area contributed by atoms with E-state index in [-0.39, 0.29) is 62.5 Å². The fourth-order valence-electron chi connectivity index (χ4n) is 5.24. The predicted molar refractivity (Wildman–Crippen MR) is 217 cm³/mol. The number of hydrogen-bond acceptors (Lipinski definition) is 8. The van der Waals surface area contributed by atoms with Gasteiger partial charge in [0.15, 0.2) is 17.3 Å². The van der Waals surface area contributed by atoms with E-state index >= 15 is 0 Å². The van der Waals surface area contributed by atoms with Crippen molar-refractivity contribution in [2.24, 2.45) is 0 Å². The van der Waals surface area contributed by atoms with Crippen molar-refractivity contribution in [3.8, 4) is 28.6 Å². The van der Waals surface area contributed by atoms with Crippen molar-refractivity contribution in [1.29, 1.82) is 0 Å². The standard InChI is InChI=1S/3C13H10O2.C10H8N2.Co/c3*14-12-9-5-4-8-11(12)13(15)10-6-2-1-3-7-10;1-3-7-11-9(5-1)10-6-2-4-8-12-10;/h3*1-9,14H;1-8H;/q;;;;+2/p-2. The van der Waals surface area contributed by atoms with Crippen LogP contribution in [-0.4, -0.2) is 32.4 Å².